The van der Waals surface area contributed by atoms with Crippen LogP contribution >= 0.6 is 46.4 Å². The van der Waals surface area contributed by atoms with E-state index in [1.54, 1.807) is 13.8 Å². The number of ketones is 2. The number of hydrogen-bond acceptors (Lipinski definition) is 10. The number of carbonyl (C=O) groups is 6. The number of halogens is 10. The highest BCUT2D eigenvalue weighted by molar-refractivity contribution is 6.34. The molecule has 0 saturated heterocycles. The van der Waals surface area contributed by atoms with Crippen molar-refractivity contribution in [3.8, 4) is 0 Å². The number of nitrogens with zero attached hydrogens (tertiary/aromatic N) is 4. The fourth-order valence-electron chi connectivity index (χ4n) is 5.95. The summed E-state index contributed by atoms with van der Waals surface area (Å²) in [6, 6.07) is 11.4. The summed E-state index contributed by atoms with van der Waals surface area (Å²) >= 11 is 24.2. The van der Waals surface area contributed by atoms with Crippen LogP contribution in [0.5, 0.6) is 0 Å². The van der Waals surface area contributed by atoms with Crippen molar-refractivity contribution in [2.24, 2.45) is 20.5 Å². The van der Waals surface area contributed by atoms with Crippen molar-refractivity contribution in [2.45, 2.75) is 52.1 Å². The Balaban J connectivity index is 1.28. The topological polar surface area (TPSA) is 200 Å². The molecule has 0 aromatic heterocycles. The molecule has 5 rings (SSSR count). The van der Waals surface area contributed by atoms with E-state index in [9.17, 15) is 55.1 Å². The Kier molecular flexibility index (Phi) is 16.5. The third-order valence-electron chi connectivity index (χ3n) is 9.62. The van der Waals surface area contributed by atoms with Crippen LogP contribution in [0.3, 0.4) is 0 Å². The quantitative estimate of drug-likeness (QED) is 0.0484. The number of alkyl halides is 6. The highest BCUT2D eigenvalue weighted by Crippen LogP contribution is 2.39. The maximum atomic E-state index is 13.6. The van der Waals surface area contributed by atoms with Gasteiger partial charge in [-0.05, 0) is 124 Å². The monoisotopic (exact) mass is 1020 g/mol. The molecular weight excluding hydrogens is 992 g/mol. The molecule has 2 atom stereocenters. The normalized spacial score (nSPS) is 12.7. The third kappa shape index (κ3) is 13.0. The number of Topliss-reactive ketones (excluding diaryl/α,β-unsaturated/α-hetero) is 2. The van der Waals surface area contributed by atoms with Crippen LogP contribution in [0.1, 0.15) is 56.8 Å². The van der Waals surface area contributed by atoms with Crippen molar-refractivity contribution in [1.29, 1.82) is 0 Å². The Morgan fingerprint density at radius 3 is 1.16 bits per heavy atom. The first-order valence-corrected chi connectivity index (χ1v) is 20.8. The molecule has 0 spiro atoms. The lowest BCUT2D eigenvalue weighted by molar-refractivity contribution is -0.137. The third-order valence-corrected chi connectivity index (χ3v) is 10.7. The van der Waals surface area contributed by atoms with Crippen LogP contribution in [0.25, 0.3) is 0 Å². The van der Waals surface area contributed by atoms with Gasteiger partial charge in [-0.3, -0.25) is 28.8 Å². The first-order valence-electron chi connectivity index (χ1n) is 19.2. The van der Waals surface area contributed by atoms with Gasteiger partial charge in [-0.15, -0.1) is 0 Å². The van der Waals surface area contributed by atoms with Crippen molar-refractivity contribution in [3.63, 3.8) is 0 Å². The van der Waals surface area contributed by atoms with Gasteiger partial charge in [0.15, 0.2) is 11.6 Å². The molecule has 5 aromatic carbocycles. The van der Waals surface area contributed by atoms with Crippen molar-refractivity contribution in [2.75, 3.05) is 21.3 Å². The smallest absolute Gasteiger partial charge is 0.324 e. The summed E-state index contributed by atoms with van der Waals surface area (Å²) in [7, 11) is 0. The molecule has 0 saturated carbocycles. The van der Waals surface area contributed by atoms with Crippen molar-refractivity contribution in [1.82, 2.24) is 0 Å². The summed E-state index contributed by atoms with van der Waals surface area (Å²) < 4.78 is 81.4. The first-order chi connectivity index (χ1) is 31.7. The van der Waals surface area contributed by atoms with Crippen LogP contribution < -0.4 is 21.3 Å². The first kappa shape index (κ1) is 52.2. The number of amides is 4. The highest BCUT2D eigenvalue weighted by Gasteiger charge is 2.35. The van der Waals surface area contributed by atoms with E-state index in [4.69, 9.17) is 46.4 Å². The standard InChI is InChI=1S/C44H32Cl4F6N8O6/c1-19-20(2)32(56-42(68)38(22(4)64)62-60-36-16-24(6-12-30(36)48)40(66)58-34-18-26(46)8-10-28(34)44(52,53)54)14-13-31(19)55-41(67)37(21(3)63)61-59-35-15-23(5-11-29(35)47)39(65)57-33-17-25(45)7-9-27(33)43(49,50)51/h5-18,37-38H,1-4H3,(H,55,67)(H,56,68)(H,57,65)(H,58,66). The molecular formula is C44H32Cl4F6N8O6. The molecule has 68 heavy (non-hydrogen) atoms. The van der Waals surface area contributed by atoms with Crippen LogP contribution in [-0.4, -0.2) is 47.3 Å². The van der Waals surface area contributed by atoms with E-state index in [0.29, 0.717) is 23.3 Å². The predicted octanol–water partition coefficient (Wildman–Crippen LogP) is 12.8. The minimum absolute atomic E-state index is 0.0745. The fraction of sp³-hybridized carbons (Fsp3) is 0.182. The van der Waals surface area contributed by atoms with Crippen molar-refractivity contribution in [3.05, 3.63) is 138 Å². The largest absolute Gasteiger partial charge is 0.418 e. The Labute approximate surface area is 401 Å². The SMILES string of the molecule is CC(=O)C(N=Nc1cc(C(=O)Nc2cc(Cl)ccc2C(F)(F)F)ccc1Cl)C(=O)Nc1ccc(NC(=O)C(N=Nc2cc(C(=O)Nc3cc(Cl)ccc3C(F)(F)F)ccc2Cl)C(C)=O)c(C)c1C. The number of nitrogens with one attached hydrogen (secondary N) is 4. The number of hydrogen-bond donors (Lipinski definition) is 4. The molecule has 354 valence electrons. The van der Waals surface area contributed by atoms with Crippen LogP contribution in [0.4, 0.5) is 60.5 Å². The second-order valence-corrected chi connectivity index (χ2v) is 16.1. The van der Waals surface area contributed by atoms with Gasteiger partial charge in [0.2, 0.25) is 12.1 Å². The lowest BCUT2D eigenvalue weighted by Crippen LogP contribution is -2.33. The molecule has 0 heterocycles. The minimum Gasteiger partial charge on any atom is -0.324 e. The molecule has 14 nitrogen and oxygen atoms in total. The molecule has 0 aliphatic rings. The van der Waals surface area contributed by atoms with E-state index >= 15 is 0 Å². The minimum atomic E-state index is -4.82. The van der Waals surface area contributed by atoms with E-state index in [2.05, 4.69) is 41.7 Å². The number of rotatable bonds is 14. The lowest BCUT2D eigenvalue weighted by atomic mass is 10.0. The molecule has 0 aliphatic carbocycles. The average Bonchev–Trinajstić information content (AvgIpc) is 3.23. The lowest BCUT2D eigenvalue weighted by Gasteiger charge is -2.17. The van der Waals surface area contributed by atoms with Crippen LogP contribution in [0.15, 0.2) is 105 Å². The predicted molar refractivity (Wildman–Crippen MR) is 243 cm³/mol. The van der Waals surface area contributed by atoms with Gasteiger partial charge in [-0.2, -0.15) is 46.8 Å². The van der Waals surface area contributed by atoms with Crippen LogP contribution in [-0.2, 0) is 31.5 Å². The van der Waals surface area contributed by atoms with E-state index in [1.807, 2.05) is 0 Å². The Morgan fingerprint density at radius 1 is 0.485 bits per heavy atom. The summed E-state index contributed by atoms with van der Waals surface area (Å²) in [5.74, 6) is -5.46. The van der Waals surface area contributed by atoms with Gasteiger partial charge in [0.25, 0.3) is 23.6 Å². The summed E-state index contributed by atoms with van der Waals surface area (Å²) in [5.41, 5.74) is -3.29. The van der Waals surface area contributed by atoms with Gasteiger partial charge in [-0.25, -0.2) is 0 Å². The van der Waals surface area contributed by atoms with E-state index in [1.165, 1.54) is 36.4 Å². The molecule has 2 unspecified atom stereocenters. The molecule has 4 N–H and O–H groups in total. The van der Waals surface area contributed by atoms with Gasteiger partial charge < -0.3 is 21.3 Å². The molecule has 5 aromatic rings. The molecule has 0 fully saturated rings. The van der Waals surface area contributed by atoms with Crippen molar-refractivity contribution >= 4 is 116 Å². The van der Waals surface area contributed by atoms with Gasteiger partial charge >= 0.3 is 12.4 Å². The number of anilines is 4. The zero-order valence-electron chi connectivity index (χ0n) is 35.3. The van der Waals surface area contributed by atoms with Crippen LogP contribution in [0.2, 0.25) is 20.1 Å². The summed E-state index contributed by atoms with van der Waals surface area (Å²) in [4.78, 5) is 78.0. The number of azo groups is 2. The zero-order valence-corrected chi connectivity index (χ0v) is 38.3. The highest BCUT2D eigenvalue weighted by atomic mass is 35.5. The maximum absolute atomic E-state index is 13.6. The van der Waals surface area contributed by atoms with Gasteiger partial charge in [0.1, 0.15) is 11.4 Å². The summed E-state index contributed by atoms with van der Waals surface area (Å²) in [6.45, 7) is 5.23. The molecule has 4 amide bonds. The molecule has 0 bridgehead atoms. The Morgan fingerprint density at radius 2 is 0.838 bits per heavy atom. The maximum Gasteiger partial charge on any atom is 0.418 e. The van der Waals surface area contributed by atoms with Gasteiger partial charge in [-0.1, -0.05) is 46.4 Å². The van der Waals surface area contributed by atoms with E-state index < -0.39 is 82.1 Å². The Hall–Kier alpha value is -6.74. The molecule has 0 radical (unpaired) electrons. The van der Waals surface area contributed by atoms with Gasteiger partial charge in [0.05, 0.1) is 32.5 Å². The summed E-state index contributed by atoms with van der Waals surface area (Å²) in [5, 5.41) is 24.5. The van der Waals surface area contributed by atoms with Gasteiger partial charge in [0, 0.05) is 32.5 Å². The zero-order chi connectivity index (χ0) is 50.4. The number of carbonyl (C=O) groups excluding carboxylic acids is 6. The second-order valence-electron chi connectivity index (χ2n) is 14.5. The summed E-state index contributed by atoms with van der Waals surface area (Å²) in [6.07, 6.45) is -9.64. The van der Waals surface area contributed by atoms with E-state index in [0.717, 1.165) is 50.2 Å². The number of benzene rings is 5. The molecule has 24 heteroatoms. The average molecular weight is 1020 g/mol. The Bertz CT molecular complexity index is 2740. The fourth-order valence-corrected chi connectivity index (χ4v) is 6.61. The van der Waals surface area contributed by atoms with Crippen LogP contribution in [0, 0.1) is 13.8 Å². The molecule has 0 aliphatic heterocycles. The second kappa shape index (κ2) is 21.5. The van der Waals surface area contributed by atoms with Crippen molar-refractivity contribution < 1.29 is 55.1 Å². The van der Waals surface area contributed by atoms with E-state index in [-0.39, 0.29) is 54.0 Å².